The summed E-state index contributed by atoms with van der Waals surface area (Å²) in [6.45, 7) is 1.06. The SMILES string of the molecule is CN(C)c1ccc(-c2cc(NCCSCCO)c3ccnnc3c2)cc1. The number of thioether (sulfide) groups is 1. The van der Waals surface area contributed by atoms with E-state index in [1.165, 1.54) is 5.69 Å². The molecule has 0 saturated carbocycles. The van der Waals surface area contributed by atoms with Gasteiger partial charge in [-0.05, 0) is 41.5 Å². The summed E-state index contributed by atoms with van der Waals surface area (Å²) in [5.74, 6) is 1.72. The molecule has 0 aliphatic carbocycles. The maximum absolute atomic E-state index is 8.88. The number of hydrogen-bond acceptors (Lipinski definition) is 6. The van der Waals surface area contributed by atoms with Gasteiger partial charge in [0.1, 0.15) is 0 Å². The van der Waals surface area contributed by atoms with Crippen molar-refractivity contribution in [3.63, 3.8) is 0 Å². The summed E-state index contributed by atoms with van der Waals surface area (Å²) in [5.41, 5.74) is 5.39. The Morgan fingerprint density at radius 1 is 1.04 bits per heavy atom. The first-order valence-corrected chi connectivity index (χ1v) is 9.80. The van der Waals surface area contributed by atoms with E-state index in [0.29, 0.717) is 0 Å². The summed E-state index contributed by atoms with van der Waals surface area (Å²) < 4.78 is 0. The van der Waals surface area contributed by atoms with Crippen LogP contribution in [0.15, 0.2) is 48.7 Å². The molecule has 0 radical (unpaired) electrons. The topological polar surface area (TPSA) is 61.3 Å². The van der Waals surface area contributed by atoms with Crippen LogP contribution in [0.2, 0.25) is 0 Å². The lowest BCUT2D eigenvalue weighted by atomic mass is 10.0. The Labute approximate surface area is 158 Å². The minimum Gasteiger partial charge on any atom is -0.396 e. The van der Waals surface area contributed by atoms with Gasteiger partial charge in [-0.1, -0.05) is 12.1 Å². The van der Waals surface area contributed by atoms with E-state index >= 15 is 0 Å². The van der Waals surface area contributed by atoms with Crippen molar-refractivity contribution in [2.24, 2.45) is 0 Å². The molecule has 3 rings (SSSR count). The molecule has 0 fully saturated rings. The second-order valence-electron chi connectivity index (χ2n) is 6.19. The lowest BCUT2D eigenvalue weighted by molar-refractivity contribution is 0.322. The smallest absolute Gasteiger partial charge is 0.0956 e. The highest BCUT2D eigenvalue weighted by Crippen LogP contribution is 2.30. The molecule has 0 saturated heterocycles. The summed E-state index contributed by atoms with van der Waals surface area (Å²) in [6.07, 6.45) is 1.72. The van der Waals surface area contributed by atoms with Crippen LogP contribution < -0.4 is 10.2 Å². The van der Waals surface area contributed by atoms with E-state index in [1.807, 2.05) is 20.2 Å². The van der Waals surface area contributed by atoms with Crippen LogP contribution in [0.3, 0.4) is 0 Å². The molecule has 6 heteroatoms. The van der Waals surface area contributed by atoms with Crippen LogP contribution in [-0.4, -0.2) is 54.1 Å². The van der Waals surface area contributed by atoms with E-state index in [4.69, 9.17) is 5.11 Å². The Kier molecular flexibility index (Phi) is 6.30. The molecule has 2 N–H and O–H groups in total. The van der Waals surface area contributed by atoms with Gasteiger partial charge in [-0.2, -0.15) is 22.0 Å². The van der Waals surface area contributed by atoms with E-state index in [9.17, 15) is 0 Å². The van der Waals surface area contributed by atoms with E-state index in [1.54, 1.807) is 18.0 Å². The van der Waals surface area contributed by atoms with Crippen molar-refractivity contribution in [3.8, 4) is 11.1 Å². The number of aliphatic hydroxyl groups is 1. The van der Waals surface area contributed by atoms with Gasteiger partial charge in [-0.25, -0.2) is 0 Å². The number of nitrogens with zero attached hydrogens (tertiary/aromatic N) is 3. The zero-order valence-electron chi connectivity index (χ0n) is 15.1. The van der Waals surface area contributed by atoms with Crippen LogP contribution in [0.25, 0.3) is 22.0 Å². The number of benzene rings is 2. The molecule has 2 aromatic carbocycles. The second-order valence-corrected chi connectivity index (χ2v) is 7.42. The largest absolute Gasteiger partial charge is 0.396 e. The molecule has 0 aliphatic heterocycles. The highest BCUT2D eigenvalue weighted by Gasteiger charge is 2.08. The Morgan fingerprint density at radius 2 is 1.85 bits per heavy atom. The van der Waals surface area contributed by atoms with Crippen molar-refractivity contribution in [3.05, 3.63) is 48.7 Å². The van der Waals surface area contributed by atoms with Crippen molar-refractivity contribution in [2.75, 3.05) is 49.0 Å². The molecule has 0 bridgehead atoms. The van der Waals surface area contributed by atoms with Crippen LogP contribution in [-0.2, 0) is 0 Å². The Hall–Kier alpha value is -2.31. The first kappa shape index (κ1) is 18.5. The average Bonchev–Trinajstić information content (AvgIpc) is 2.67. The number of aromatic nitrogens is 2. The quantitative estimate of drug-likeness (QED) is 0.594. The zero-order valence-corrected chi connectivity index (χ0v) is 16.0. The predicted octanol–water partition coefficient (Wildman–Crippen LogP) is 3.50. The van der Waals surface area contributed by atoms with Crippen molar-refractivity contribution < 1.29 is 5.11 Å². The third kappa shape index (κ3) is 4.45. The molecular weight excluding hydrogens is 344 g/mol. The van der Waals surface area contributed by atoms with E-state index in [2.05, 4.69) is 56.8 Å². The molecule has 0 atom stereocenters. The maximum atomic E-state index is 8.88. The zero-order chi connectivity index (χ0) is 18.4. The van der Waals surface area contributed by atoms with Crippen LogP contribution in [0.4, 0.5) is 11.4 Å². The molecule has 136 valence electrons. The molecule has 0 spiro atoms. The molecule has 3 aromatic rings. The highest BCUT2D eigenvalue weighted by atomic mass is 32.2. The van der Waals surface area contributed by atoms with Crippen LogP contribution in [0.5, 0.6) is 0 Å². The Morgan fingerprint density at radius 3 is 2.58 bits per heavy atom. The first-order valence-electron chi connectivity index (χ1n) is 8.65. The van der Waals surface area contributed by atoms with E-state index in [0.717, 1.165) is 45.8 Å². The standard InChI is InChI=1S/C20H24N4OS/c1-24(2)17-5-3-15(4-6-17)16-13-19(21-9-11-26-12-10-25)18-7-8-22-23-20(18)14-16/h3-8,13-14,21,25H,9-12H2,1-2H3. The molecule has 0 aliphatic rings. The van der Waals surface area contributed by atoms with Gasteiger partial charge >= 0.3 is 0 Å². The average molecular weight is 369 g/mol. The fourth-order valence-corrected chi connectivity index (χ4v) is 3.37. The minimum atomic E-state index is 0.224. The third-order valence-electron chi connectivity index (χ3n) is 4.15. The monoisotopic (exact) mass is 368 g/mol. The molecule has 1 aromatic heterocycles. The van der Waals surface area contributed by atoms with Crippen molar-refractivity contribution in [1.82, 2.24) is 10.2 Å². The first-order chi connectivity index (χ1) is 12.7. The van der Waals surface area contributed by atoms with E-state index in [-0.39, 0.29) is 6.61 Å². The summed E-state index contributed by atoms with van der Waals surface area (Å²) in [6, 6.07) is 14.7. The second kappa shape index (κ2) is 8.87. The molecule has 26 heavy (non-hydrogen) atoms. The lowest BCUT2D eigenvalue weighted by Gasteiger charge is -2.14. The Balaban J connectivity index is 1.88. The van der Waals surface area contributed by atoms with Crippen LogP contribution in [0.1, 0.15) is 0 Å². The third-order valence-corrected chi connectivity index (χ3v) is 5.11. The lowest BCUT2D eigenvalue weighted by Crippen LogP contribution is -2.08. The van der Waals surface area contributed by atoms with Crippen LogP contribution >= 0.6 is 11.8 Å². The molecular formula is C20H24N4OS. The highest BCUT2D eigenvalue weighted by molar-refractivity contribution is 7.99. The fourth-order valence-electron chi connectivity index (χ4n) is 2.79. The summed E-state index contributed by atoms with van der Waals surface area (Å²) >= 11 is 1.74. The van der Waals surface area contributed by atoms with E-state index < -0.39 is 0 Å². The van der Waals surface area contributed by atoms with Gasteiger partial charge in [0.15, 0.2) is 0 Å². The Bertz CT molecular complexity index is 852. The summed E-state index contributed by atoms with van der Waals surface area (Å²) in [7, 11) is 4.08. The van der Waals surface area contributed by atoms with Gasteiger partial charge in [0.25, 0.3) is 0 Å². The van der Waals surface area contributed by atoms with Gasteiger partial charge in [0, 0.05) is 48.9 Å². The molecule has 5 nitrogen and oxygen atoms in total. The van der Waals surface area contributed by atoms with Gasteiger partial charge in [0.2, 0.25) is 0 Å². The minimum absolute atomic E-state index is 0.224. The molecule has 0 unspecified atom stereocenters. The van der Waals surface area contributed by atoms with Crippen LogP contribution in [0, 0.1) is 0 Å². The van der Waals surface area contributed by atoms with Gasteiger partial charge in [-0.3, -0.25) is 0 Å². The molecule has 1 heterocycles. The summed E-state index contributed by atoms with van der Waals surface area (Å²) in [5, 5.41) is 21.8. The van der Waals surface area contributed by atoms with Crippen molar-refractivity contribution in [2.45, 2.75) is 0 Å². The van der Waals surface area contributed by atoms with Crippen molar-refractivity contribution in [1.29, 1.82) is 0 Å². The number of aliphatic hydroxyl groups excluding tert-OH is 1. The van der Waals surface area contributed by atoms with Gasteiger partial charge in [0.05, 0.1) is 18.3 Å². The maximum Gasteiger partial charge on any atom is 0.0956 e. The predicted molar refractivity (Wildman–Crippen MR) is 112 cm³/mol. The summed E-state index contributed by atoms with van der Waals surface area (Å²) in [4.78, 5) is 2.09. The number of fused-ring (bicyclic) bond motifs is 1. The van der Waals surface area contributed by atoms with Gasteiger partial charge < -0.3 is 15.3 Å². The number of nitrogens with one attached hydrogen (secondary N) is 1. The molecule has 0 amide bonds. The number of anilines is 2. The number of rotatable bonds is 8. The van der Waals surface area contributed by atoms with Crippen molar-refractivity contribution >= 4 is 34.0 Å². The fraction of sp³-hybridized carbons (Fsp3) is 0.300. The normalized spacial score (nSPS) is 10.9. The number of hydrogen-bond donors (Lipinski definition) is 2. The van der Waals surface area contributed by atoms with Gasteiger partial charge in [-0.15, -0.1) is 0 Å².